The number of benzene rings is 1. The zero-order valence-corrected chi connectivity index (χ0v) is 10.7. The van der Waals surface area contributed by atoms with Crippen molar-refractivity contribution in [2.45, 2.75) is 25.0 Å². The van der Waals surface area contributed by atoms with E-state index in [0.29, 0.717) is 19.2 Å². The van der Waals surface area contributed by atoms with E-state index in [0.717, 1.165) is 16.7 Å². The molecule has 19 heavy (non-hydrogen) atoms. The Hall–Kier alpha value is -1.65. The Bertz CT molecular complexity index is 549. The minimum Gasteiger partial charge on any atom is -0.490 e. The van der Waals surface area contributed by atoms with Gasteiger partial charge in [-0.2, -0.15) is 0 Å². The largest absolute Gasteiger partial charge is 0.490 e. The van der Waals surface area contributed by atoms with E-state index < -0.39 is 6.10 Å². The van der Waals surface area contributed by atoms with E-state index in [4.69, 9.17) is 4.74 Å². The van der Waals surface area contributed by atoms with E-state index in [1.165, 1.54) is 12.8 Å². The predicted molar refractivity (Wildman–Crippen MR) is 74.3 cm³/mol. The second-order valence-corrected chi connectivity index (χ2v) is 4.97. The lowest BCUT2D eigenvalue weighted by molar-refractivity contribution is 0.107. The lowest BCUT2D eigenvalue weighted by atomic mass is 10.2. The van der Waals surface area contributed by atoms with Gasteiger partial charge in [0.25, 0.3) is 0 Å². The highest BCUT2D eigenvalue weighted by Crippen LogP contribution is 2.23. The van der Waals surface area contributed by atoms with Crippen LogP contribution in [-0.2, 0) is 0 Å². The number of nitrogens with zero attached hydrogens (tertiary/aromatic N) is 1. The molecule has 1 aliphatic rings. The second kappa shape index (κ2) is 5.55. The van der Waals surface area contributed by atoms with Crippen molar-refractivity contribution in [2.24, 2.45) is 0 Å². The van der Waals surface area contributed by atoms with Crippen LogP contribution in [0.4, 0.5) is 0 Å². The summed E-state index contributed by atoms with van der Waals surface area (Å²) in [5.41, 5.74) is 0.908. The number of rotatable bonds is 6. The standard InChI is InChI=1S/C15H18N2O2/c18-12(9-17-11-6-7-11)10-19-15-5-1-4-14-13(15)3-2-8-16-14/h1-5,8,11-12,17-18H,6-7,9-10H2. The molecule has 0 radical (unpaired) electrons. The lowest BCUT2D eigenvalue weighted by Gasteiger charge is -2.14. The van der Waals surface area contributed by atoms with Gasteiger partial charge in [-0.05, 0) is 37.1 Å². The number of ether oxygens (including phenoxy) is 1. The van der Waals surface area contributed by atoms with Crippen LogP contribution in [0, 0.1) is 0 Å². The Kier molecular flexibility index (Phi) is 3.62. The molecular formula is C15H18N2O2. The first-order chi connectivity index (χ1) is 9.33. The molecule has 1 aromatic carbocycles. The predicted octanol–water partition coefficient (Wildman–Crippen LogP) is 1.73. The van der Waals surface area contributed by atoms with Crippen LogP contribution in [0.15, 0.2) is 36.5 Å². The second-order valence-electron chi connectivity index (χ2n) is 4.97. The first-order valence-corrected chi connectivity index (χ1v) is 6.71. The van der Waals surface area contributed by atoms with Gasteiger partial charge in [0.05, 0.1) is 5.52 Å². The Labute approximate surface area is 112 Å². The summed E-state index contributed by atoms with van der Waals surface area (Å²) in [6.07, 6.45) is 3.73. The minimum atomic E-state index is -0.479. The van der Waals surface area contributed by atoms with Gasteiger partial charge in [0.1, 0.15) is 18.5 Å². The molecule has 4 heteroatoms. The maximum atomic E-state index is 9.86. The highest BCUT2D eigenvalue weighted by molar-refractivity contribution is 5.84. The van der Waals surface area contributed by atoms with Gasteiger partial charge >= 0.3 is 0 Å². The number of aliphatic hydroxyl groups excluding tert-OH is 1. The molecular weight excluding hydrogens is 240 g/mol. The fraction of sp³-hybridized carbons (Fsp3) is 0.400. The zero-order valence-electron chi connectivity index (χ0n) is 10.7. The fourth-order valence-electron chi connectivity index (χ4n) is 2.04. The number of fused-ring (bicyclic) bond motifs is 1. The van der Waals surface area contributed by atoms with Crippen LogP contribution in [0.2, 0.25) is 0 Å². The fourth-order valence-corrected chi connectivity index (χ4v) is 2.04. The summed E-state index contributed by atoms with van der Waals surface area (Å²) in [5.74, 6) is 0.774. The molecule has 2 aromatic rings. The summed E-state index contributed by atoms with van der Waals surface area (Å²) in [6.45, 7) is 0.890. The Balaban J connectivity index is 1.61. The van der Waals surface area contributed by atoms with E-state index in [-0.39, 0.29) is 0 Å². The van der Waals surface area contributed by atoms with Crippen LogP contribution in [0.5, 0.6) is 5.75 Å². The third-order valence-corrected chi connectivity index (χ3v) is 3.26. The molecule has 1 atom stereocenters. The molecule has 0 amide bonds. The molecule has 1 aromatic heterocycles. The number of aliphatic hydroxyl groups is 1. The van der Waals surface area contributed by atoms with E-state index in [1.54, 1.807) is 6.20 Å². The zero-order chi connectivity index (χ0) is 13.1. The number of hydrogen-bond donors (Lipinski definition) is 2. The van der Waals surface area contributed by atoms with Crippen LogP contribution in [-0.4, -0.2) is 35.4 Å². The first-order valence-electron chi connectivity index (χ1n) is 6.71. The average Bonchev–Trinajstić information content (AvgIpc) is 3.27. The molecule has 0 spiro atoms. The summed E-state index contributed by atoms with van der Waals surface area (Å²) in [4.78, 5) is 4.28. The number of pyridine rings is 1. The molecule has 4 nitrogen and oxygen atoms in total. The van der Waals surface area contributed by atoms with Gasteiger partial charge in [-0.3, -0.25) is 4.98 Å². The highest BCUT2D eigenvalue weighted by atomic mass is 16.5. The van der Waals surface area contributed by atoms with Crippen molar-refractivity contribution < 1.29 is 9.84 Å². The van der Waals surface area contributed by atoms with E-state index in [9.17, 15) is 5.11 Å². The Morgan fingerprint density at radius 1 is 1.32 bits per heavy atom. The van der Waals surface area contributed by atoms with Crippen molar-refractivity contribution in [1.82, 2.24) is 10.3 Å². The van der Waals surface area contributed by atoms with Crippen LogP contribution < -0.4 is 10.1 Å². The monoisotopic (exact) mass is 258 g/mol. The van der Waals surface area contributed by atoms with Crippen LogP contribution in [0.25, 0.3) is 10.9 Å². The van der Waals surface area contributed by atoms with Gasteiger partial charge < -0.3 is 15.2 Å². The average molecular weight is 258 g/mol. The summed E-state index contributed by atoms with van der Waals surface area (Å²) in [7, 11) is 0. The highest BCUT2D eigenvalue weighted by Gasteiger charge is 2.21. The Morgan fingerprint density at radius 3 is 3.05 bits per heavy atom. The number of aromatic nitrogens is 1. The van der Waals surface area contributed by atoms with Crippen LogP contribution >= 0.6 is 0 Å². The van der Waals surface area contributed by atoms with Crippen LogP contribution in [0.3, 0.4) is 0 Å². The van der Waals surface area contributed by atoms with E-state index >= 15 is 0 Å². The normalized spacial score (nSPS) is 16.5. The quantitative estimate of drug-likeness (QED) is 0.828. The molecule has 100 valence electrons. The first kappa shape index (κ1) is 12.4. The Morgan fingerprint density at radius 2 is 2.21 bits per heavy atom. The molecule has 1 fully saturated rings. The lowest BCUT2D eigenvalue weighted by Crippen LogP contribution is -2.32. The van der Waals surface area contributed by atoms with Crippen molar-refractivity contribution in [2.75, 3.05) is 13.2 Å². The molecule has 3 rings (SSSR count). The third-order valence-electron chi connectivity index (χ3n) is 3.26. The number of nitrogens with one attached hydrogen (secondary N) is 1. The molecule has 2 N–H and O–H groups in total. The van der Waals surface area contributed by atoms with Gasteiger partial charge in [0.15, 0.2) is 0 Å². The summed E-state index contributed by atoms with van der Waals surface area (Å²) < 4.78 is 5.70. The van der Waals surface area contributed by atoms with Gasteiger partial charge in [-0.15, -0.1) is 0 Å². The SMILES string of the molecule is OC(CNC1CC1)COc1cccc2ncccc12. The molecule has 1 unspecified atom stereocenters. The molecule has 1 aliphatic carbocycles. The van der Waals surface area contributed by atoms with Gasteiger partial charge in [0, 0.05) is 24.2 Å². The molecule has 0 aliphatic heterocycles. The topological polar surface area (TPSA) is 54.4 Å². The van der Waals surface area contributed by atoms with Crippen molar-refractivity contribution in [3.63, 3.8) is 0 Å². The summed E-state index contributed by atoms with van der Waals surface area (Å²) >= 11 is 0. The van der Waals surface area contributed by atoms with E-state index in [1.807, 2.05) is 30.3 Å². The molecule has 0 saturated heterocycles. The van der Waals surface area contributed by atoms with Gasteiger partial charge in [0.2, 0.25) is 0 Å². The molecule has 1 heterocycles. The van der Waals surface area contributed by atoms with Crippen molar-refractivity contribution in [1.29, 1.82) is 0 Å². The maximum Gasteiger partial charge on any atom is 0.128 e. The van der Waals surface area contributed by atoms with Gasteiger partial charge in [-0.1, -0.05) is 6.07 Å². The summed E-state index contributed by atoms with van der Waals surface area (Å²) in [5, 5.41) is 14.1. The van der Waals surface area contributed by atoms with Crippen LogP contribution in [0.1, 0.15) is 12.8 Å². The minimum absolute atomic E-state index is 0.299. The van der Waals surface area contributed by atoms with E-state index in [2.05, 4.69) is 10.3 Å². The van der Waals surface area contributed by atoms with Crippen molar-refractivity contribution >= 4 is 10.9 Å². The molecule has 0 bridgehead atoms. The van der Waals surface area contributed by atoms with Crippen molar-refractivity contribution in [3.05, 3.63) is 36.5 Å². The summed E-state index contributed by atoms with van der Waals surface area (Å²) in [6, 6.07) is 10.3. The third kappa shape index (κ3) is 3.22. The number of hydrogen-bond acceptors (Lipinski definition) is 4. The maximum absolute atomic E-state index is 9.86. The van der Waals surface area contributed by atoms with Gasteiger partial charge in [-0.25, -0.2) is 0 Å². The van der Waals surface area contributed by atoms with Crippen molar-refractivity contribution in [3.8, 4) is 5.75 Å². The smallest absolute Gasteiger partial charge is 0.128 e. The molecule has 1 saturated carbocycles.